The van der Waals surface area contributed by atoms with Crippen LogP contribution in [0.3, 0.4) is 0 Å². The van der Waals surface area contributed by atoms with E-state index in [1.807, 2.05) is 12.1 Å². The van der Waals surface area contributed by atoms with Crippen molar-refractivity contribution in [3.63, 3.8) is 0 Å². The van der Waals surface area contributed by atoms with E-state index in [-0.39, 0.29) is 0 Å². The van der Waals surface area contributed by atoms with Crippen LogP contribution in [0.5, 0.6) is 5.75 Å². The standard InChI is InChI=1S/C32H32N4O/c1-37-28-13-14-29-30(21-28)32(35-34-31(29)20-23-7-3-2-4-8-23)33-27-15-17-36(18-16-27)22-24-11-12-25-9-5-6-10-26(25)19-24/h2-14,19,21,27H,15-18,20,22H2,1H3,(H,33,35). The predicted molar refractivity (Wildman–Crippen MR) is 151 cm³/mol. The average molecular weight is 489 g/mol. The number of piperidine rings is 1. The second-order valence-corrected chi connectivity index (χ2v) is 9.95. The second kappa shape index (κ2) is 10.6. The van der Waals surface area contributed by atoms with E-state index in [0.717, 1.165) is 66.9 Å². The molecule has 0 unspecified atom stereocenters. The third-order valence-corrected chi connectivity index (χ3v) is 7.43. The maximum absolute atomic E-state index is 5.54. The number of methoxy groups -OCH3 is 1. The van der Waals surface area contributed by atoms with Crippen LogP contribution in [0.1, 0.15) is 29.7 Å². The predicted octanol–water partition coefficient (Wildman–Crippen LogP) is 6.46. The van der Waals surface area contributed by atoms with E-state index < -0.39 is 0 Å². The number of rotatable bonds is 7. The average Bonchev–Trinajstić information content (AvgIpc) is 2.95. The number of likely N-dealkylation sites (tertiary alicyclic amines) is 1. The van der Waals surface area contributed by atoms with Crippen LogP contribution in [0.2, 0.25) is 0 Å². The van der Waals surface area contributed by atoms with Crippen molar-refractivity contribution in [2.45, 2.75) is 31.8 Å². The van der Waals surface area contributed by atoms with Crippen molar-refractivity contribution >= 4 is 27.4 Å². The van der Waals surface area contributed by atoms with Gasteiger partial charge in [-0.05, 0) is 59.0 Å². The minimum atomic E-state index is 0.372. The SMILES string of the molecule is COc1ccc2c(Cc3ccccc3)nnc(NC3CCN(Cc4ccc5ccccc5c4)CC3)c2c1. The quantitative estimate of drug-likeness (QED) is 0.285. The number of ether oxygens (including phenoxy) is 1. The zero-order valence-corrected chi connectivity index (χ0v) is 21.2. The largest absolute Gasteiger partial charge is 0.497 e. The lowest BCUT2D eigenvalue weighted by molar-refractivity contribution is 0.211. The topological polar surface area (TPSA) is 50.3 Å². The van der Waals surface area contributed by atoms with Gasteiger partial charge in [0.2, 0.25) is 0 Å². The normalized spacial score (nSPS) is 14.7. The molecule has 0 amide bonds. The summed E-state index contributed by atoms with van der Waals surface area (Å²) in [6.45, 7) is 3.11. The summed E-state index contributed by atoms with van der Waals surface area (Å²) in [5.41, 5.74) is 3.59. The van der Waals surface area contributed by atoms with Gasteiger partial charge in [-0.1, -0.05) is 66.7 Å². The molecule has 0 saturated carbocycles. The molecule has 0 aliphatic carbocycles. The smallest absolute Gasteiger partial charge is 0.156 e. The van der Waals surface area contributed by atoms with Crippen LogP contribution in [0.15, 0.2) is 91.0 Å². The van der Waals surface area contributed by atoms with E-state index in [9.17, 15) is 0 Å². The Morgan fingerprint density at radius 1 is 0.784 bits per heavy atom. The molecule has 1 saturated heterocycles. The summed E-state index contributed by atoms with van der Waals surface area (Å²) in [5.74, 6) is 1.68. The first-order valence-corrected chi connectivity index (χ1v) is 13.1. The number of nitrogens with one attached hydrogen (secondary N) is 1. The Bertz CT molecular complexity index is 1510. The summed E-state index contributed by atoms with van der Waals surface area (Å²) in [5, 5.41) is 17.8. The van der Waals surface area contributed by atoms with Crippen molar-refractivity contribution in [3.05, 3.63) is 108 Å². The molecule has 6 rings (SSSR count). The third-order valence-electron chi connectivity index (χ3n) is 7.43. The molecule has 37 heavy (non-hydrogen) atoms. The summed E-state index contributed by atoms with van der Waals surface area (Å²) < 4.78 is 5.54. The van der Waals surface area contributed by atoms with Crippen LogP contribution in [0, 0.1) is 0 Å². The fourth-order valence-corrected chi connectivity index (χ4v) is 5.37. The number of hydrogen-bond acceptors (Lipinski definition) is 5. The Morgan fingerprint density at radius 2 is 1.57 bits per heavy atom. The lowest BCUT2D eigenvalue weighted by atomic mass is 10.0. The summed E-state index contributed by atoms with van der Waals surface area (Å²) in [6.07, 6.45) is 2.91. The fraction of sp³-hybridized carbons (Fsp3) is 0.250. The van der Waals surface area contributed by atoms with Crippen LogP contribution in [0.4, 0.5) is 5.82 Å². The van der Waals surface area contributed by atoms with Crippen LogP contribution < -0.4 is 10.1 Å². The Labute approximate surface area is 218 Å². The molecule has 5 heteroatoms. The van der Waals surface area contributed by atoms with Gasteiger partial charge in [-0.2, -0.15) is 5.10 Å². The molecule has 1 aromatic heterocycles. The maximum atomic E-state index is 5.54. The highest BCUT2D eigenvalue weighted by atomic mass is 16.5. The van der Waals surface area contributed by atoms with Gasteiger partial charge in [-0.3, -0.25) is 4.90 Å². The lowest BCUT2D eigenvalue weighted by Crippen LogP contribution is -2.38. The third kappa shape index (κ3) is 5.27. The fourth-order valence-electron chi connectivity index (χ4n) is 5.37. The van der Waals surface area contributed by atoms with E-state index in [1.54, 1.807) is 7.11 Å². The van der Waals surface area contributed by atoms with Gasteiger partial charge in [0.1, 0.15) is 5.75 Å². The lowest BCUT2D eigenvalue weighted by Gasteiger charge is -2.32. The Kier molecular flexibility index (Phi) is 6.70. The monoisotopic (exact) mass is 488 g/mol. The second-order valence-electron chi connectivity index (χ2n) is 9.95. The number of hydrogen-bond donors (Lipinski definition) is 1. The molecule has 186 valence electrons. The van der Waals surface area contributed by atoms with E-state index in [1.165, 1.54) is 21.9 Å². The van der Waals surface area contributed by atoms with Crippen molar-refractivity contribution in [1.29, 1.82) is 0 Å². The molecule has 5 aromatic rings. The zero-order valence-electron chi connectivity index (χ0n) is 21.2. The molecule has 1 aliphatic heterocycles. The first kappa shape index (κ1) is 23.4. The van der Waals surface area contributed by atoms with Crippen molar-refractivity contribution < 1.29 is 4.74 Å². The molecule has 2 heterocycles. The highest BCUT2D eigenvalue weighted by molar-refractivity contribution is 5.94. The maximum Gasteiger partial charge on any atom is 0.156 e. The van der Waals surface area contributed by atoms with E-state index >= 15 is 0 Å². The van der Waals surface area contributed by atoms with Crippen molar-refractivity contribution in [2.75, 3.05) is 25.5 Å². The zero-order chi connectivity index (χ0) is 25.0. The molecule has 1 aliphatic rings. The molecular weight excluding hydrogens is 456 g/mol. The number of nitrogens with zero attached hydrogens (tertiary/aromatic N) is 3. The van der Waals surface area contributed by atoms with Crippen molar-refractivity contribution in [3.8, 4) is 5.75 Å². The highest BCUT2D eigenvalue weighted by Gasteiger charge is 2.21. The summed E-state index contributed by atoms with van der Waals surface area (Å²) in [4.78, 5) is 2.55. The molecule has 0 spiro atoms. The van der Waals surface area contributed by atoms with Gasteiger partial charge in [0.15, 0.2) is 5.82 Å². The van der Waals surface area contributed by atoms with Gasteiger partial charge in [0, 0.05) is 42.9 Å². The van der Waals surface area contributed by atoms with Gasteiger partial charge in [0.05, 0.1) is 12.8 Å². The van der Waals surface area contributed by atoms with E-state index in [2.05, 4.69) is 99.3 Å². The van der Waals surface area contributed by atoms with Gasteiger partial charge < -0.3 is 10.1 Å². The minimum Gasteiger partial charge on any atom is -0.497 e. The Balaban J connectivity index is 1.15. The van der Waals surface area contributed by atoms with Gasteiger partial charge in [-0.25, -0.2) is 0 Å². The molecule has 0 bridgehead atoms. The number of aromatic nitrogens is 2. The summed E-state index contributed by atoms with van der Waals surface area (Å²) in [7, 11) is 1.71. The van der Waals surface area contributed by atoms with E-state index in [0.29, 0.717) is 6.04 Å². The van der Waals surface area contributed by atoms with Crippen LogP contribution >= 0.6 is 0 Å². The van der Waals surface area contributed by atoms with Crippen LogP contribution in [-0.4, -0.2) is 41.3 Å². The molecule has 1 N–H and O–H groups in total. The number of anilines is 1. The van der Waals surface area contributed by atoms with Gasteiger partial charge in [-0.15, -0.1) is 5.10 Å². The molecule has 4 aromatic carbocycles. The molecular formula is C32H32N4O. The Morgan fingerprint density at radius 3 is 2.38 bits per heavy atom. The number of benzene rings is 4. The highest BCUT2D eigenvalue weighted by Crippen LogP contribution is 2.30. The molecule has 0 radical (unpaired) electrons. The van der Waals surface area contributed by atoms with Gasteiger partial charge >= 0.3 is 0 Å². The van der Waals surface area contributed by atoms with Crippen LogP contribution in [0.25, 0.3) is 21.5 Å². The summed E-state index contributed by atoms with van der Waals surface area (Å²) >= 11 is 0. The van der Waals surface area contributed by atoms with Crippen molar-refractivity contribution in [1.82, 2.24) is 15.1 Å². The summed E-state index contributed by atoms with van der Waals surface area (Å²) in [6, 6.07) is 32.4. The molecule has 5 nitrogen and oxygen atoms in total. The van der Waals surface area contributed by atoms with E-state index in [4.69, 9.17) is 4.74 Å². The molecule has 0 atom stereocenters. The first-order valence-electron chi connectivity index (χ1n) is 13.1. The first-order chi connectivity index (χ1) is 18.2. The van der Waals surface area contributed by atoms with Crippen molar-refractivity contribution in [2.24, 2.45) is 0 Å². The number of fused-ring (bicyclic) bond motifs is 2. The Hall–Kier alpha value is -3.96. The van der Waals surface area contributed by atoms with Crippen LogP contribution in [-0.2, 0) is 13.0 Å². The molecule has 1 fully saturated rings. The minimum absolute atomic E-state index is 0.372. The van der Waals surface area contributed by atoms with Gasteiger partial charge in [0.25, 0.3) is 0 Å².